The summed E-state index contributed by atoms with van der Waals surface area (Å²) in [7, 11) is 1.59. The molecule has 0 saturated heterocycles. The summed E-state index contributed by atoms with van der Waals surface area (Å²) in [6.45, 7) is 1.59. The van der Waals surface area contributed by atoms with E-state index in [0.717, 1.165) is 11.3 Å². The van der Waals surface area contributed by atoms with Gasteiger partial charge in [-0.2, -0.15) is 17.7 Å². The third-order valence-electron chi connectivity index (χ3n) is 4.25. The van der Waals surface area contributed by atoms with Crippen LogP contribution in [0.1, 0.15) is 21.5 Å². The third kappa shape index (κ3) is 7.42. The fourth-order valence-electron chi connectivity index (χ4n) is 2.61. The van der Waals surface area contributed by atoms with Crippen molar-refractivity contribution in [1.29, 1.82) is 0 Å². The Morgan fingerprint density at radius 1 is 1.00 bits per heavy atom. The number of thiol groups is 1. The maximum atomic E-state index is 14.3. The first kappa shape index (κ1) is 25.0. The molecule has 0 radical (unpaired) electrons. The molecule has 0 spiro atoms. The Hall–Kier alpha value is -2.27. The summed E-state index contributed by atoms with van der Waals surface area (Å²) < 4.78 is 34.8. The number of halogens is 1. The van der Waals surface area contributed by atoms with Gasteiger partial charge in [0, 0.05) is 50.4 Å². The van der Waals surface area contributed by atoms with E-state index in [1.165, 1.54) is 12.7 Å². The van der Waals surface area contributed by atoms with Crippen molar-refractivity contribution in [3.8, 4) is 17.2 Å². The van der Waals surface area contributed by atoms with Crippen molar-refractivity contribution in [2.45, 2.75) is 6.42 Å². The van der Waals surface area contributed by atoms with Gasteiger partial charge in [-0.25, -0.2) is 9.18 Å². The number of rotatable bonds is 9. The average Bonchev–Trinajstić information content (AvgIpc) is 2.79. The van der Waals surface area contributed by atoms with Crippen molar-refractivity contribution >= 4 is 18.9 Å². The molecule has 0 bridgehead atoms. The second-order valence-electron chi connectivity index (χ2n) is 6.28. The van der Waals surface area contributed by atoms with Gasteiger partial charge in [0.05, 0.1) is 25.0 Å². The average molecular weight is 666 g/mol. The van der Waals surface area contributed by atoms with E-state index in [2.05, 4.69) is 12.9 Å². The Kier molecular flexibility index (Phi) is 10.1. The van der Waals surface area contributed by atoms with E-state index in [1.54, 1.807) is 67.8 Å². The van der Waals surface area contributed by atoms with Gasteiger partial charge in [0.2, 0.25) is 0 Å². The first-order valence-electron chi connectivity index (χ1n) is 9.10. The molecule has 0 aliphatic rings. The minimum absolute atomic E-state index is 0. The molecular weight excluding hydrogens is 645 g/mol. The second-order valence-corrected chi connectivity index (χ2v) is 6.46. The van der Waals surface area contributed by atoms with Crippen LogP contribution in [0.5, 0.6) is 17.2 Å². The van der Waals surface area contributed by atoms with Gasteiger partial charge >= 0.3 is 5.97 Å². The Labute approximate surface area is 209 Å². The van der Waals surface area contributed by atoms with Crippen molar-refractivity contribution in [3.63, 3.8) is 0 Å². The molecule has 3 aromatic rings. The van der Waals surface area contributed by atoms with Crippen LogP contribution in [0.15, 0.2) is 66.7 Å². The number of carbonyl (C=O) groups excluding carboxylic acids is 1. The minimum atomic E-state index is -0.495. The molecule has 0 saturated carbocycles. The van der Waals surface area contributed by atoms with Crippen LogP contribution in [0.4, 0.5) is 4.39 Å². The molecule has 0 heterocycles. The predicted molar refractivity (Wildman–Crippen MR) is 113 cm³/mol. The van der Waals surface area contributed by atoms with Gasteiger partial charge in [-0.05, 0) is 48.6 Å². The molecule has 160 valence electrons. The minimum Gasteiger partial charge on any atom is -0.521 e. The number of carbonyl (C=O) groups is 1. The molecule has 31 heavy (non-hydrogen) atoms. The summed E-state index contributed by atoms with van der Waals surface area (Å²) in [5.74, 6) is 0.406. The summed E-state index contributed by atoms with van der Waals surface area (Å²) in [6.07, 6.45) is 0.378. The molecule has 0 aliphatic carbocycles. The van der Waals surface area contributed by atoms with Gasteiger partial charge in [-0.15, -0.1) is 0 Å². The van der Waals surface area contributed by atoms with Crippen LogP contribution in [0.25, 0.3) is 0 Å². The summed E-state index contributed by atoms with van der Waals surface area (Å²) in [6, 6.07) is 18.2. The fourth-order valence-corrected chi connectivity index (χ4v) is 2.73. The smallest absolute Gasteiger partial charge is 0.338 e. The molecule has 3 aromatic carbocycles. The van der Waals surface area contributed by atoms with Gasteiger partial charge in [0.1, 0.15) is 11.5 Å². The van der Waals surface area contributed by atoms with Crippen molar-refractivity contribution < 1.29 is 58.7 Å². The SMILES string of the molecule is COc1ccc([CH-]Oc2ccc(CCOC(=O)c3ccc(OS)cc3)cc2F)cc1.[U]. The molecule has 0 aromatic heterocycles. The second kappa shape index (κ2) is 12.6. The molecule has 0 N–H and O–H groups in total. The van der Waals surface area contributed by atoms with E-state index in [1.807, 2.05) is 0 Å². The molecule has 8 heteroatoms. The molecule has 0 fully saturated rings. The van der Waals surface area contributed by atoms with Crippen LogP contribution in [-0.4, -0.2) is 19.7 Å². The predicted octanol–water partition coefficient (Wildman–Crippen LogP) is 5.05. The number of ether oxygens (including phenoxy) is 3. The standard InChI is InChI=1S/C23H20FO5S.U/c1-26-19-7-2-17(3-8-19)15-28-22-11-4-16(14-21(22)24)12-13-27-23(25)18-5-9-20(29-30)10-6-18;/h2-11,14-15,30H,12-13H2,1H3;/q-1;. The Balaban J connectivity index is 0.00000341. The first-order chi connectivity index (χ1) is 14.6. The zero-order chi connectivity index (χ0) is 21.3. The van der Waals surface area contributed by atoms with Crippen LogP contribution in [0, 0.1) is 43.5 Å². The summed E-state index contributed by atoms with van der Waals surface area (Å²) in [5.41, 5.74) is 1.87. The summed E-state index contributed by atoms with van der Waals surface area (Å²) >= 11 is 3.69. The summed E-state index contributed by atoms with van der Waals surface area (Å²) in [5, 5.41) is 0. The number of esters is 1. The largest absolute Gasteiger partial charge is 0.521 e. The fraction of sp³-hybridized carbons (Fsp3) is 0.130. The molecule has 0 unspecified atom stereocenters. The molecule has 0 amide bonds. The Morgan fingerprint density at radius 3 is 2.29 bits per heavy atom. The van der Waals surface area contributed by atoms with E-state index < -0.39 is 11.8 Å². The molecular formula is C23H20FO5SU-. The summed E-state index contributed by atoms with van der Waals surface area (Å²) in [4.78, 5) is 12.0. The van der Waals surface area contributed by atoms with E-state index in [9.17, 15) is 9.18 Å². The van der Waals surface area contributed by atoms with Crippen molar-refractivity contribution in [1.82, 2.24) is 0 Å². The quantitative estimate of drug-likeness (QED) is 0.150. The van der Waals surface area contributed by atoms with E-state index in [4.69, 9.17) is 18.4 Å². The van der Waals surface area contributed by atoms with Gasteiger partial charge in [-0.3, -0.25) is 0 Å². The molecule has 0 aliphatic heterocycles. The molecule has 3 rings (SSSR count). The molecule has 0 atom stereocenters. The van der Waals surface area contributed by atoms with Gasteiger partial charge in [0.15, 0.2) is 5.82 Å². The topological polar surface area (TPSA) is 54.0 Å². The van der Waals surface area contributed by atoms with Crippen LogP contribution < -0.4 is 13.7 Å². The number of methoxy groups -OCH3 is 1. The van der Waals surface area contributed by atoms with Gasteiger partial charge in [-0.1, -0.05) is 18.2 Å². The van der Waals surface area contributed by atoms with E-state index >= 15 is 0 Å². The number of hydrogen-bond donors (Lipinski definition) is 1. The van der Waals surface area contributed by atoms with E-state index in [-0.39, 0.29) is 43.5 Å². The number of hydrogen-bond acceptors (Lipinski definition) is 6. The van der Waals surface area contributed by atoms with Crippen molar-refractivity contribution in [2.24, 2.45) is 0 Å². The zero-order valence-corrected chi connectivity index (χ0v) is 21.8. The maximum absolute atomic E-state index is 14.3. The Bertz CT molecular complexity index is 980. The first-order valence-corrected chi connectivity index (χ1v) is 9.46. The van der Waals surface area contributed by atoms with E-state index in [0.29, 0.717) is 23.3 Å². The van der Waals surface area contributed by atoms with Crippen LogP contribution in [-0.2, 0) is 11.2 Å². The normalized spacial score (nSPS) is 9.90. The molecule has 5 nitrogen and oxygen atoms in total. The van der Waals surface area contributed by atoms with Gasteiger partial charge in [0.25, 0.3) is 0 Å². The van der Waals surface area contributed by atoms with Gasteiger partial charge < -0.3 is 18.4 Å². The van der Waals surface area contributed by atoms with Crippen molar-refractivity contribution in [2.75, 3.05) is 13.7 Å². The number of benzene rings is 3. The van der Waals surface area contributed by atoms with Crippen molar-refractivity contribution in [3.05, 3.63) is 95.8 Å². The van der Waals surface area contributed by atoms with Crippen LogP contribution in [0.2, 0.25) is 0 Å². The maximum Gasteiger partial charge on any atom is 0.338 e. The van der Waals surface area contributed by atoms with Crippen LogP contribution >= 0.6 is 12.9 Å². The van der Waals surface area contributed by atoms with Crippen LogP contribution in [0.3, 0.4) is 0 Å². The zero-order valence-electron chi connectivity index (χ0n) is 16.7. The Morgan fingerprint density at radius 2 is 1.68 bits per heavy atom. The monoisotopic (exact) mass is 665 g/mol. The third-order valence-corrected chi connectivity index (χ3v) is 4.46.